The van der Waals surface area contributed by atoms with Crippen LogP contribution in [-0.4, -0.2) is 39.6 Å². The van der Waals surface area contributed by atoms with E-state index in [1.165, 1.54) is 6.21 Å². The van der Waals surface area contributed by atoms with Gasteiger partial charge in [0.05, 0.1) is 18.2 Å². The zero-order valence-electron chi connectivity index (χ0n) is 14.7. The fourth-order valence-electron chi connectivity index (χ4n) is 2.31. The third-order valence-corrected chi connectivity index (χ3v) is 5.01. The maximum Gasteiger partial charge on any atom is 0.343 e. The summed E-state index contributed by atoms with van der Waals surface area (Å²) in [6.07, 6.45) is 1.07. The number of amidine groups is 1. The van der Waals surface area contributed by atoms with Crippen LogP contribution in [0.2, 0.25) is 5.02 Å². The number of ether oxygens (including phenoxy) is 1. The summed E-state index contributed by atoms with van der Waals surface area (Å²) in [7, 11) is 0. The molecule has 3 rings (SSSR count). The zero-order chi connectivity index (χ0) is 20.8. The second kappa shape index (κ2) is 9.35. The van der Waals surface area contributed by atoms with Crippen LogP contribution in [0.1, 0.15) is 22.3 Å². The van der Waals surface area contributed by atoms with Crippen LogP contribution in [0, 0.1) is 0 Å². The van der Waals surface area contributed by atoms with Gasteiger partial charge in [-0.2, -0.15) is 5.10 Å². The van der Waals surface area contributed by atoms with Crippen LogP contribution in [0.25, 0.3) is 0 Å². The predicted octanol–water partition coefficient (Wildman–Crippen LogP) is 2.96. The number of thioether (sulfide) groups is 1. The van der Waals surface area contributed by atoms with Gasteiger partial charge in [0, 0.05) is 10.6 Å². The molecule has 1 aliphatic heterocycles. The van der Waals surface area contributed by atoms with Crippen molar-refractivity contribution in [2.45, 2.75) is 11.7 Å². The van der Waals surface area contributed by atoms with Gasteiger partial charge in [-0.3, -0.25) is 9.59 Å². The second-order valence-electron chi connectivity index (χ2n) is 5.78. The number of carbonyl (C=O) groups is 3. The Morgan fingerprint density at radius 1 is 1.21 bits per heavy atom. The normalized spacial score (nSPS) is 17.5. The van der Waals surface area contributed by atoms with Crippen molar-refractivity contribution in [3.05, 3.63) is 64.7 Å². The first-order chi connectivity index (χ1) is 13.9. The molecule has 1 amide bonds. The Morgan fingerprint density at radius 3 is 2.66 bits per heavy atom. The van der Waals surface area contributed by atoms with E-state index in [1.54, 1.807) is 48.5 Å². The molecule has 2 N–H and O–H groups in total. The van der Waals surface area contributed by atoms with Gasteiger partial charge in [-0.05, 0) is 36.4 Å². The smallest absolute Gasteiger partial charge is 0.343 e. The SMILES string of the molecule is O=C(O)C[C@H]1S/C(=N\N=C/c2ccccc2OC(=O)c2ccc(Cl)cc2)NC1=O. The maximum absolute atomic E-state index is 12.3. The van der Waals surface area contributed by atoms with Gasteiger partial charge in [-0.25, -0.2) is 4.79 Å². The van der Waals surface area contributed by atoms with Crippen LogP contribution in [-0.2, 0) is 9.59 Å². The number of carboxylic acid groups (broad SMARTS) is 1. The van der Waals surface area contributed by atoms with Crippen molar-refractivity contribution in [1.82, 2.24) is 5.32 Å². The Balaban J connectivity index is 1.69. The van der Waals surface area contributed by atoms with Crippen molar-refractivity contribution in [2.75, 3.05) is 0 Å². The minimum absolute atomic E-state index is 0.202. The molecule has 1 aliphatic rings. The van der Waals surface area contributed by atoms with Gasteiger partial charge in [0.15, 0.2) is 5.17 Å². The largest absolute Gasteiger partial charge is 0.481 e. The third-order valence-electron chi connectivity index (χ3n) is 3.68. The first-order valence-corrected chi connectivity index (χ1v) is 9.55. The number of carbonyl (C=O) groups excluding carboxylic acids is 2. The summed E-state index contributed by atoms with van der Waals surface area (Å²) < 4.78 is 5.41. The molecule has 0 unspecified atom stereocenters. The van der Waals surface area contributed by atoms with E-state index in [1.807, 2.05) is 0 Å². The number of aliphatic carboxylic acids is 1. The maximum atomic E-state index is 12.3. The topological polar surface area (TPSA) is 117 Å². The molecule has 1 fully saturated rings. The lowest BCUT2D eigenvalue weighted by Gasteiger charge is -2.07. The highest BCUT2D eigenvalue weighted by atomic mass is 35.5. The number of rotatable bonds is 6. The predicted molar refractivity (Wildman–Crippen MR) is 110 cm³/mol. The van der Waals surface area contributed by atoms with E-state index in [4.69, 9.17) is 21.4 Å². The molecule has 0 aliphatic carbocycles. The fraction of sp³-hybridized carbons (Fsp3) is 0.105. The molecule has 10 heteroatoms. The van der Waals surface area contributed by atoms with Crippen LogP contribution >= 0.6 is 23.4 Å². The van der Waals surface area contributed by atoms with Crippen LogP contribution in [0.3, 0.4) is 0 Å². The molecule has 29 heavy (non-hydrogen) atoms. The van der Waals surface area contributed by atoms with Crippen LogP contribution in [0.5, 0.6) is 5.75 Å². The Labute approximate surface area is 174 Å². The second-order valence-corrected chi connectivity index (χ2v) is 7.41. The van der Waals surface area contributed by atoms with Crippen molar-refractivity contribution in [2.24, 2.45) is 10.2 Å². The highest BCUT2D eigenvalue weighted by molar-refractivity contribution is 8.15. The molecule has 148 valence electrons. The van der Waals surface area contributed by atoms with Gasteiger partial charge in [0.25, 0.3) is 0 Å². The van der Waals surface area contributed by atoms with E-state index in [9.17, 15) is 14.4 Å². The molecule has 8 nitrogen and oxygen atoms in total. The molecule has 0 radical (unpaired) electrons. The first kappa shape index (κ1) is 20.6. The molecule has 0 aromatic heterocycles. The molecule has 1 saturated heterocycles. The van der Waals surface area contributed by atoms with Crippen LogP contribution in [0.4, 0.5) is 0 Å². The molecule has 1 heterocycles. The molecular weight excluding hydrogens is 418 g/mol. The monoisotopic (exact) mass is 431 g/mol. The molecule has 0 bridgehead atoms. The van der Waals surface area contributed by atoms with E-state index in [2.05, 4.69) is 15.5 Å². The number of nitrogens with one attached hydrogen (secondary N) is 1. The van der Waals surface area contributed by atoms with E-state index in [0.717, 1.165) is 11.8 Å². The molecule has 2 aromatic rings. The zero-order valence-corrected chi connectivity index (χ0v) is 16.3. The fourth-order valence-corrected chi connectivity index (χ4v) is 3.35. The highest BCUT2D eigenvalue weighted by Crippen LogP contribution is 2.23. The van der Waals surface area contributed by atoms with Gasteiger partial charge < -0.3 is 15.2 Å². The highest BCUT2D eigenvalue weighted by Gasteiger charge is 2.32. The van der Waals surface area contributed by atoms with E-state index < -0.39 is 23.1 Å². The number of halogens is 1. The van der Waals surface area contributed by atoms with E-state index in [0.29, 0.717) is 16.1 Å². The van der Waals surface area contributed by atoms with Gasteiger partial charge in [0.2, 0.25) is 5.91 Å². The Hall–Kier alpha value is -3.17. The summed E-state index contributed by atoms with van der Waals surface area (Å²) in [4.78, 5) is 34.7. The summed E-state index contributed by atoms with van der Waals surface area (Å²) >= 11 is 6.81. The molecule has 0 spiro atoms. The Kier molecular flexibility index (Phi) is 6.63. The molecule has 1 atom stereocenters. The van der Waals surface area contributed by atoms with Crippen molar-refractivity contribution in [3.8, 4) is 5.75 Å². The Morgan fingerprint density at radius 2 is 1.93 bits per heavy atom. The molecule has 0 saturated carbocycles. The van der Waals surface area contributed by atoms with Crippen molar-refractivity contribution in [1.29, 1.82) is 0 Å². The average molecular weight is 432 g/mol. The minimum atomic E-state index is -1.07. The van der Waals surface area contributed by atoms with Gasteiger partial charge >= 0.3 is 11.9 Å². The van der Waals surface area contributed by atoms with Crippen molar-refractivity contribution in [3.63, 3.8) is 0 Å². The van der Waals surface area contributed by atoms with Crippen molar-refractivity contribution < 1.29 is 24.2 Å². The van der Waals surface area contributed by atoms with Gasteiger partial charge in [-0.15, -0.1) is 5.10 Å². The number of carboxylic acids is 1. The van der Waals surface area contributed by atoms with Crippen molar-refractivity contribution >= 4 is 52.6 Å². The number of hydrogen-bond donors (Lipinski definition) is 2. The number of nitrogens with zero attached hydrogens (tertiary/aromatic N) is 2. The molecular formula is C19H14ClN3O5S. The summed E-state index contributed by atoms with van der Waals surface area (Å²) in [5, 5.41) is 19.0. The number of para-hydroxylation sites is 1. The third kappa shape index (κ3) is 5.66. The average Bonchev–Trinajstić information content (AvgIpc) is 3.02. The number of hydrogen-bond acceptors (Lipinski definition) is 7. The minimum Gasteiger partial charge on any atom is -0.481 e. The first-order valence-electron chi connectivity index (χ1n) is 8.29. The van der Waals surface area contributed by atoms with E-state index >= 15 is 0 Å². The summed E-state index contributed by atoms with van der Waals surface area (Å²) in [6, 6.07) is 13.0. The summed E-state index contributed by atoms with van der Waals surface area (Å²) in [5.74, 6) is -1.77. The Bertz CT molecular complexity index is 1010. The van der Waals surface area contributed by atoms with Gasteiger partial charge in [-0.1, -0.05) is 35.5 Å². The summed E-state index contributed by atoms with van der Waals surface area (Å²) in [6.45, 7) is 0. The lowest BCUT2D eigenvalue weighted by Crippen LogP contribution is -2.26. The lowest BCUT2D eigenvalue weighted by molar-refractivity contribution is -0.138. The quantitative estimate of drug-likeness (QED) is 0.314. The van der Waals surface area contributed by atoms with Gasteiger partial charge in [0.1, 0.15) is 11.0 Å². The van der Waals surface area contributed by atoms with Crippen LogP contribution in [0.15, 0.2) is 58.7 Å². The number of esters is 1. The van der Waals surface area contributed by atoms with E-state index in [-0.39, 0.29) is 17.3 Å². The standard InChI is InChI=1S/C19H14ClN3O5S/c20-13-7-5-11(6-8-13)18(27)28-14-4-2-1-3-12(14)10-21-23-19-22-17(26)15(29-19)9-16(24)25/h1-8,10,15H,9H2,(H,24,25)(H,22,23,26)/b21-10-/t15-/m1/s1. The molecule has 2 aromatic carbocycles. The summed E-state index contributed by atoms with van der Waals surface area (Å²) in [5.41, 5.74) is 0.839. The number of amides is 1. The van der Waals surface area contributed by atoms with Crippen LogP contribution < -0.4 is 10.1 Å². The number of benzene rings is 2. The lowest BCUT2D eigenvalue weighted by atomic mass is 10.2.